The first-order valence-electron chi connectivity index (χ1n) is 14.7. The number of nitrogens with zero attached hydrogens (tertiary/aromatic N) is 2. The predicted molar refractivity (Wildman–Crippen MR) is 160 cm³/mol. The molecule has 2 fully saturated rings. The van der Waals surface area contributed by atoms with Crippen molar-refractivity contribution in [3.63, 3.8) is 0 Å². The average Bonchev–Trinajstić information content (AvgIpc) is 3.31. The van der Waals surface area contributed by atoms with E-state index in [0.717, 1.165) is 41.5 Å². The van der Waals surface area contributed by atoms with E-state index in [1.54, 1.807) is 4.90 Å². The monoisotopic (exact) mass is 588 g/mol. The topological polar surface area (TPSA) is 121 Å². The first-order valence-corrected chi connectivity index (χ1v) is 15.6. The van der Waals surface area contributed by atoms with E-state index < -0.39 is 35.6 Å². The molecule has 2 aliphatic heterocycles. The minimum absolute atomic E-state index is 0.161. The summed E-state index contributed by atoms with van der Waals surface area (Å²) in [5.74, 6) is -1.92. The Balaban J connectivity index is 1.26. The average molecular weight is 589 g/mol. The van der Waals surface area contributed by atoms with Crippen LogP contribution in [0.5, 0.6) is 5.19 Å². The summed E-state index contributed by atoms with van der Waals surface area (Å²) in [6.07, 6.45) is 8.38. The van der Waals surface area contributed by atoms with E-state index >= 15 is 0 Å². The van der Waals surface area contributed by atoms with E-state index in [1.165, 1.54) is 11.3 Å². The Hall–Kier alpha value is -3.76. The number of thiazole rings is 1. The van der Waals surface area contributed by atoms with Gasteiger partial charge < -0.3 is 25.4 Å². The molecule has 0 spiro atoms. The molecule has 5 atom stereocenters. The number of aliphatic carboxylic acids is 1. The number of nitrogens with one attached hydrogen (secondary N) is 2. The smallest absolute Gasteiger partial charge is 0.330 e. The summed E-state index contributed by atoms with van der Waals surface area (Å²) in [4.78, 5) is 46.4. The number of hydrogen-bond acceptors (Lipinski definition) is 7. The van der Waals surface area contributed by atoms with E-state index in [2.05, 4.69) is 15.6 Å². The third kappa shape index (κ3) is 6.05. The van der Waals surface area contributed by atoms with Crippen molar-refractivity contribution < 1.29 is 24.2 Å². The van der Waals surface area contributed by atoms with Crippen LogP contribution in [0.1, 0.15) is 50.5 Å². The summed E-state index contributed by atoms with van der Waals surface area (Å²) in [7, 11) is 0. The van der Waals surface area contributed by atoms with Gasteiger partial charge in [0.15, 0.2) is 0 Å². The molecule has 0 unspecified atom stereocenters. The van der Waals surface area contributed by atoms with Gasteiger partial charge in [-0.1, -0.05) is 78.8 Å². The van der Waals surface area contributed by atoms with Gasteiger partial charge in [0.2, 0.25) is 11.8 Å². The van der Waals surface area contributed by atoms with Crippen LogP contribution in [0.2, 0.25) is 0 Å². The zero-order valence-corrected chi connectivity index (χ0v) is 24.2. The summed E-state index contributed by atoms with van der Waals surface area (Å²) in [5, 5.41) is 16.8. The van der Waals surface area contributed by atoms with Crippen molar-refractivity contribution in [3.05, 3.63) is 72.3 Å². The second kappa shape index (κ2) is 12.2. The summed E-state index contributed by atoms with van der Waals surface area (Å²) >= 11 is 1.43. The minimum Gasteiger partial charge on any atom is -0.479 e. The number of carbonyl (C=O) groups excluding carboxylic acids is 2. The zero-order chi connectivity index (χ0) is 29.1. The standard InChI is InChI=1S/C32H36N4O5S/c37-28-26-17-23(41-31-34-24-14-9-10-16-27(24)42-31)20-36(26)29(38)25(33-19-21-11-5-4-6-12-21)15-8-3-1-2-7-13-22-18-32(22,35-28)30(39)40/h4-7,9-14,16,22-23,25-26,33H,1-3,8,15,17-20H2,(H,35,37)(H,39,40)/b13-7-/t22-,23+,25-,26-,32+/m0/s1. The fourth-order valence-corrected chi connectivity index (χ4v) is 6.96. The van der Waals surface area contributed by atoms with Gasteiger partial charge in [-0.25, -0.2) is 9.78 Å². The van der Waals surface area contributed by atoms with Crippen LogP contribution in [0.4, 0.5) is 0 Å². The highest BCUT2D eigenvalue weighted by Crippen LogP contribution is 2.45. The van der Waals surface area contributed by atoms with E-state index in [9.17, 15) is 19.5 Å². The quantitative estimate of drug-likeness (QED) is 0.368. The molecule has 0 radical (unpaired) electrons. The third-order valence-electron chi connectivity index (χ3n) is 8.56. The van der Waals surface area contributed by atoms with Crippen LogP contribution in [-0.2, 0) is 20.9 Å². The Morgan fingerprint density at radius 1 is 1.12 bits per heavy atom. The lowest BCUT2D eigenvalue weighted by molar-refractivity contribution is -0.145. The Labute approximate surface area is 249 Å². The number of rotatable bonds is 6. The van der Waals surface area contributed by atoms with Crippen LogP contribution < -0.4 is 15.4 Å². The first kappa shape index (κ1) is 28.4. The SMILES string of the molecule is O=C1N[C@]2(C(=O)O)C[C@@H]2/C=C\CCCCC[C@H](NCc2ccccc2)C(=O)N2C[C@H](Oc3nc4ccccc4s3)C[C@@H]12. The molecule has 2 aromatic carbocycles. The largest absolute Gasteiger partial charge is 0.479 e. The van der Waals surface area contributed by atoms with Crippen LogP contribution in [-0.4, -0.2) is 63.0 Å². The van der Waals surface area contributed by atoms with E-state index in [-0.39, 0.29) is 24.8 Å². The van der Waals surface area contributed by atoms with Crippen molar-refractivity contribution in [2.45, 2.75) is 75.2 Å². The number of fused-ring (bicyclic) bond motifs is 3. The second-order valence-electron chi connectivity index (χ2n) is 11.5. The summed E-state index contributed by atoms with van der Waals surface area (Å²) in [5.41, 5.74) is 0.571. The van der Waals surface area contributed by atoms with Crippen molar-refractivity contribution in [1.29, 1.82) is 0 Å². The molecule has 9 nitrogen and oxygen atoms in total. The number of hydrogen-bond donors (Lipinski definition) is 3. The van der Waals surface area contributed by atoms with Crippen molar-refractivity contribution in [2.24, 2.45) is 5.92 Å². The van der Waals surface area contributed by atoms with Crippen LogP contribution in [0.3, 0.4) is 0 Å². The fraction of sp³-hybridized carbons (Fsp3) is 0.438. The van der Waals surface area contributed by atoms with Gasteiger partial charge in [0.1, 0.15) is 17.7 Å². The summed E-state index contributed by atoms with van der Waals surface area (Å²) < 4.78 is 7.25. The number of amides is 2. The Bertz CT molecular complexity index is 1440. The van der Waals surface area contributed by atoms with Gasteiger partial charge in [0.25, 0.3) is 5.19 Å². The van der Waals surface area contributed by atoms with Gasteiger partial charge in [-0.05, 0) is 43.4 Å². The highest BCUT2D eigenvalue weighted by molar-refractivity contribution is 7.20. The fourth-order valence-electron chi connectivity index (χ4n) is 6.08. The highest BCUT2D eigenvalue weighted by Gasteiger charge is 2.61. The molecule has 220 valence electrons. The maximum absolute atomic E-state index is 14.2. The molecule has 1 saturated carbocycles. The molecule has 1 aromatic heterocycles. The van der Waals surface area contributed by atoms with Crippen LogP contribution in [0, 0.1) is 5.92 Å². The Morgan fingerprint density at radius 3 is 2.74 bits per heavy atom. The van der Waals surface area contributed by atoms with Crippen LogP contribution in [0.15, 0.2) is 66.7 Å². The number of aromatic nitrogens is 1. The van der Waals surface area contributed by atoms with Gasteiger partial charge in [-0.15, -0.1) is 0 Å². The molecule has 3 N–H and O–H groups in total. The molecule has 0 bridgehead atoms. The van der Waals surface area contributed by atoms with E-state index in [0.29, 0.717) is 24.6 Å². The number of ether oxygens (including phenoxy) is 1. The van der Waals surface area contributed by atoms with Gasteiger partial charge in [-0.3, -0.25) is 9.59 Å². The first-order chi connectivity index (χ1) is 20.4. The molecule has 1 saturated heterocycles. The molecule has 2 amide bonds. The maximum atomic E-state index is 14.2. The van der Waals surface area contributed by atoms with Gasteiger partial charge >= 0.3 is 5.97 Å². The number of carboxylic acids is 1. The van der Waals surface area contributed by atoms with Crippen LogP contribution in [0.25, 0.3) is 10.2 Å². The van der Waals surface area contributed by atoms with Crippen molar-refractivity contribution in [3.8, 4) is 5.19 Å². The highest BCUT2D eigenvalue weighted by atomic mass is 32.1. The number of carboxylic acid groups (broad SMARTS) is 1. The molecule has 1 aliphatic carbocycles. The van der Waals surface area contributed by atoms with Gasteiger partial charge in [-0.2, -0.15) is 0 Å². The summed E-state index contributed by atoms with van der Waals surface area (Å²) in [6.45, 7) is 0.750. The van der Waals surface area contributed by atoms with Crippen molar-refractivity contribution >= 4 is 39.3 Å². The molecule has 6 rings (SSSR count). The molecular weight excluding hydrogens is 552 g/mol. The Kier molecular flexibility index (Phi) is 8.26. The third-order valence-corrected chi connectivity index (χ3v) is 9.49. The lowest BCUT2D eigenvalue weighted by Gasteiger charge is -2.29. The molecule has 3 aliphatic rings. The zero-order valence-electron chi connectivity index (χ0n) is 23.4. The Morgan fingerprint density at radius 2 is 1.93 bits per heavy atom. The minimum atomic E-state index is -1.33. The number of carbonyl (C=O) groups is 3. The lowest BCUT2D eigenvalue weighted by atomic mass is 10.0. The number of para-hydroxylation sites is 1. The van der Waals surface area contributed by atoms with E-state index in [4.69, 9.17) is 4.74 Å². The second-order valence-corrected chi connectivity index (χ2v) is 12.5. The van der Waals surface area contributed by atoms with E-state index in [1.807, 2.05) is 66.7 Å². The molecule has 3 aromatic rings. The molecular formula is C32H36N4O5S. The molecule has 42 heavy (non-hydrogen) atoms. The number of allylic oxidation sites excluding steroid dienone is 1. The lowest BCUT2D eigenvalue weighted by Crippen LogP contribution is -2.55. The van der Waals surface area contributed by atoms with Gasteiger partial charge in [0.05, 0.1) is 22.8 Å². The normalized spacial score (nSPS) is 29.1. The van der Waals surface area contributed by atoms with Crippen molar-refractivity contribution in [1.82, 2.24) is 20.5 Å². The predicted octanol–water partition coefficient (Wildman–Crippen LogP) is 4.28. The maximum Gasteiger partial charge on any atom is 0.330 e. The van der Waals surface area contributed by atoms with Crippen molar-refractivity contribution in [2.75, 3.05) is 6.54 Å². The molecule has 3 heterocycles. The molecule has 10 heteroatoms. The number of benzene rings is 2. The van der Waals surface area contributed by atoms with Gasteiger partial charge in [0, 0.05) is 18.9 Å². The summed E-state index contributed by atoms with van der Waals surface area (Å²) in [6, 6.07) is 16.4. The van der Waals surface area contributed by atoms with Crippen LogP contribution >= 0.6 is 11.3 Å².